The van der Waals surface area contributed by atoms with Crippen molar-refractivity contribution in [1.29, 1.82) is 0 Å². The number of pyridine rings is 1. The van der Waals surface area contributed by atoms with Crippen LogP contribution in [0.2, 0.25) is 0 Å². The van der Waals surface area contributed by atoms with Gasteiger partial charge in [-0.2, -0.15) is 0 Å². The third-order valence-electron chi connectivity index (χ3n) is 4.63. The molecule has 0 unspecified atom stereocenters. The molecule has 2 aromatic heterocycles. The summed E-state index contributed by atoms with van der Waals surface area (Å²) in [6.45, 7) is 3.48. The van der Waals surface area contributed by atoms with Crippen LogP contribution in [0.15, 0.2) is 60.9 Å². The Labute approximate surface area is 151 Å². The number of hydrogen-bond acceptors (Lipinski definition) is 3. The number of fused-ring (bicyclic) bond motifs is 2. The Hall–Kier alpha value is -3.34. The highest BCUT2D eigenvalue weighted by atomic mass is 16.1. The Morgan fingerprint density at radius 1 is 1.08 bits per heavy atom. The standard InChI is InChI=1S/C21H20N4O/c1-2-25-8-7-16-10-17(5-6-19(16)25)21(26)24-12-14-3-4-15-11-20(22)23-13-18(15)9-14/h3-11,13H,2,12H2,1H3,(H2,22,23)(H,24,26). The van der Waals surface area contributed by atoms with Crippen molar-refractivity contribution >= 4 is 33.4 Å². The van der Waals surface area contributed by atoms with Crippen LogP contribution in [-0.4, -0.2) is 15.5 Å². The zero-order valence-electron chi connectivity index (χ0n) is 14.6. The number of rotatable bonds is 4. The number of nitrogens with one attached hydrogen (secondary N) is 1. The molecule has 26 heavy (non-hydrogen) atoms. The molecule has 5 nitrogen and oxygen atoms in total. The Morgan fingerprint density at radius 2 is 1.96 bits per heavy atom. The maximum atomic E-state index is 12.5. The van der Waals surface area contributed by atoms with Crippen molar-refractivity contribution < 1.29 is 4.79 Å². The number of nitrogens with zero attached hydrogens (tertiary/aromatic N) is 2. The van der Waals surface area contributed by atoms with Crippen molar-refractivity contribution in [3.63, 3.8) is 0 Å². The lowest BCUT2D eigenvalue weighted by Crippen LogP contribution is -2.22. The van der Waals surface area contributed by atoms with E-state index in [0.717, 1.165) is 33.8 Å². The second kappa shape index (κ2) is 6.52. The van der Waals surface area contributed by atoms with E-state index in [1.807, 2.05) is 54.7 Å². The zero-order valence-corrected chi connectivity index (χ0v) is 14.6. The van der Waals surface area contributed by atoms with Crippen LogP contribution < -0.4 is 11.1 Å². The van der Waals surface area contributed by atoms with Gasteiger partial charge in [0.2, 0.25) is 0 Å². The van der Waals surface area contributed by atoms with Gasteiger partial charge in [-0.3, -0.25) is 4.79 Å². The molecule has 0 aliphatic heterocycles. The molecule has 4 rings (SSSR count). The minimum atomic E-state index is -0.0772. The molecule has 0 aliphatic carbocycles. The van der Waals surface area contributed by atoms with E-state index in [4.69, 9.17) is 5.73 Å². The zero-order chi connectivity index (χ0) is 18.1. The molecule has 0 saturated carbocycles. The van der Waals surface area contributed by atoms with Crippen molar-refractivity contribution in [3.8, 4) is 0 Å². The van der Waals surface area contributed by atoms with Crippen molar-refractivity contribution in [1.82, 2.24) is 14.9 Å². The molecule has 0 saturated heterocycles. The summed E-state index contributed by atoms with van der Waals surface area (Å²) in [5.74, 6) is 0.428. The maximum Gasteiger partial charge on any atom is 0.251 e. The second-order valence-corrected chi connectivity index (χ2v) is 6.35. The number of nitrogen functional groups attached to an aromatic ring is 1. The minimum absolute atomic E-state index is 0.0772. The number of amides is 1. The van der Waals surface area contributed by atoms with Gasteiger partial charge in [0, 0.05) is 47.3 Å². The number of carbonyl (C=O) groups is 1. The average molecular weight is 344 g/mol. The highest BCUT2D eigenvalue weighted by Crippen LogP contribution is 2.19. The van der Waals surface area contributed by atoms with Crippen molar-refractivity contribution in [2.75, 3.05) is 5.73 Å². The van der Waals surface area contributed by atoms with Gasteiger partial charge in [0.25, 0.3) is 5.91 Å². The highest BCUT2D eigenvalue weighted by Gasteiger charge is 2.08. The number of nitrogens with two attached hydrogens (primary N) is 1. The average Bonchev–Trinajstić information content (AvgIpc) is 3.08. The summed E-state index contributed by atoms with van der Waals surface area (Å²) >= 11 is 0. The first-order valence-electron chi connectivity index (χ1n) is 8.65. The predicted molar refractivity (Wildman–Crippen MR) is 105 cm³/mol. The summed E-state index contributed by atoms with van der Waals surface area (Å²) in [5.41, 5.74) is 8.54. The predicted octanol–water partition coefficient (Wildman–Crippen LogP) is 3.72. The van der Waals surface area contributed by atoms with Crippen LogP contribution in [-0.2, 0) is 13.1 Å². The molecule has 2 aromatic carbocycles. The van der Waals surface area contributed by atoms with E-state index in [1.165, 1.54) is 0 Å². The molecule has 1 amide bonds. The molecule has 130 valence electrons. The van der Waals surface area contributed by atoms with Crippen LogP contribution in [0, 0.1) is 0 Å². The third-order valence-corrected chi connectivity index (χ3v) is 4.63. The molecule has 0 radical (unpaired) electrons. The van der Waals surface area contributed by atoms with Crippen LogP contribution in [0.4, 0.5) is 5.82 Å². The summed E-state index contributed by atoms with van der Waals surface area (Å²) in [6, 6.07) is 15.7. The maximum absolute atomic E-state index is 12.5. The molecular formula is C21H20N4O. The van der Waals surface area contributed by atoms with Crippen LogP contribution in [0.5, 0.6) is 0 Å². The number of hydrogen-bond donors (Lipinski definition) is 2. The van der Waals surface area contributed by atoms with E-state index in [9.17, 15) is 4.79 Å². The first-order chi connectivity index (χ1) is 12.6. The van der Waals surface area contributed by atoms with Gasteiger partial charge in [0.1, 0.15) is 5.82 Å². The minimum Gasteiger partial charge on any atom is -0.384 e. The fourth-order valence-electron chi connectivity index (χ4n) is 3.22. The van der Waals surface area contributed by atoms with E-state index in [-0.39, 0.29) is 5.91 Å². The molecule has 0 aliphatic rings. The van der Waals surface area contributed by atoms with E-state index < -0.39 is 0 Å². The van der Waals surface area contributed by atoms with Gasteiger partial charge in [-0.05, 0) is 54.3 Å². The van der Waals surface area contributed by atoms with Gasteiger partial charge >= 0.3 is 0 Å². The van der Waals surface area contributed by atoms with Crippen molar-refractivity contribution in [2.24, 2.45) is 0 Å². The van der Waals surface area contributed by atoms with Crippen LogP contribution in [0.3, 0.4) is 0 Å². The molecule has 0 spiro atoms. The smallest absolute Gasteiger partial charge is 0.251 e. The Bertz CT molecular complexity index is 1110. The molecule has 4 aromatic rings. The quantitative estimate of drug-likeness (QED) is 0.592. The molecule has 5 heteroatoms. The summed E-state index contributed by atoms with van der Waals surface area (Å²) in [4.78, 5) is 16.6. The molecule has 2 heterocycles. The van der Waals surface area contributed by atoms with E-state index >= 15 is 0 Å². The Morgan fingerprint density at radius 3 is 2.81 bits per heavy atom. The SMILES string of the molecule is CCn1ccc2cc(C(=O)NCc3ccc4cc(N)ncc4c3)ccc21. The summed E-state index contributed by atoms with van der Waals surface area (Å²) in [6.07, 6.45) is 3.80. The fourth-order valence-corrected chi connectivity index (χ4v) is 3.22. The Balaban J connectivity index is 1.50. The summed E-state index contributed by atoms with van der Waals surface area (Å²) < 4.78 is 2.16. The first-order valence-corrected chi connectivity index (χ1v) is 8.65. The lowest BCUT2D eigenvalue weighted by atomic mass is 10.1. The van der Waals surface area contributed by atoms with Gasteiger partial charge < -0.3 is 15.6 Å². The van der Waals surface area contributed by atoms with Crippen molar-refractivity contribution in [3.05, 3.63) is 72.1 Å². The molecule has 0 atom stereocenters. The monoisotopic (exact) mass is 344 g/mol. The number of anilines is 1. The van der Waals surface area contributed by atoms with Gasteiger partial charge in [0.05, 0.1) is 0 Å². The van der Waals surface area contributed by atoms with Crippen molar-refractivity contribution in [2.45, 2.75) is 20.0 Å². The molecular weight excluding hydrogens is 324 g/mol. The van der Waals surface area contributed by atoms with Crippen LogP contribution >= 0.6 is 0 Å². The largest absolute Gasteiger partial charge is 0.384 e. The number of aryl methyl sites for hydroxylation is 1. The Kier molecular flexibility index (Phi) is 4.05. The summed E-state index contributed by atoms with van der Waals surface area (Å²) in [5, 5.41) is 6.11. The second-order valence-electron chi connectivity index (χ2n) is 6.35. The number of benzene rings is 2. The highest BCUT2D eigenvalue weighted by molar-refractivity contribution is 5.98. The van der Waals surface area contributed by atoms with E-state index in [1.54, 1.807) is 6.20 Å². The van der Waals surface area contributed by atoms with E-state index in [2.05, 4.69) is 21.8 Å². The lowest BCUT2D eigenvalue weighted by molar-refractivity contribution is 0.0951. The fraction of sp³-hybridized carbons (Fsp3) is 0.143. The molecule has 0 bridgehead atoms. The third kappa shape index (κ3) is 2.99. The van der Waals surface area contributed by atoms with Gasteiger partial charge in [-0.1, -0.05) is 12.1 Å². The molecule has 0 fully saturated rings. The van der Waals surface area contributed by atoms with Gasteiger partial charge in [0.15, 0.2) is 0 Å². The van der Waals surface area contributed by atoms with E-state index in [0.29, 0.717) is 17.9 Å². The normalized spacial score (nSPS) is 11.1. The lowest BCUT2D eigenvalue weighted by Gasteiger charge is -2.08. The number of aromatic nitrogens is 2. The topological polar surface area (TPSA) is 72.9 Å². The van der Waals surface area contributed by atoms with Gasteiger partial charge in [-0.15, -0.1) is 0 Å². The number of carbonyl (C=O) groups excluding carboxylic acids is 1. The van der Waals surface area contributed by atoms with Crippen LogP contribution in [0.25, 0.3) is 21.7 Å². The summed E-state index contributed by atoms with van der Waals surface area (Å²) in [7, 11) is 0. The first kappa shape index (κ1) is 16.1. The van der Waals surface area contributed by atoms with Crippen LogP contribution in [0.1, 0.15) is 22.8 Å². The van der Waals surface area contributed by atoms with Gasteiger partial charge in [-0.25, -0.2) is 4.98 Å². The molecule has 3 N–H and O–H groups in total.